The predicted octanol–water partition coefficient (Wildman–Crippen LogP) is 6.80. The second-order valence-corrected chi connectivity index (χ2v) is 8.40. The van der Waals surface area contributed by atoms with Crippen LogP contribution < -0.4 is 24.8 Å². The molecular formula is C26H19F9N2O6. The number of carbonyl (C=O) groups excluding carboxylic acids is 2. The van der Waals surface area contributed by atoms with Crippen molar-refractivity contribution in [3.8, 4) is 23.0 Å². The largest absolute Gasteiger partial charge is 0.506 e. The zero-order valence-corrected chi connectivity index (χ0v) is 21.7. The second-order valence-electron chi connectivity index (χ2n) is 8.40. The third-order valence-electron chi connectivity index (χ3n) is 5.78. The number of carbonyl (C=O) groups is 2. The predicted molar refractivity (Wildman–Crippen MR) is 132 cm³/mol. The number of halogens is 9. The summed E-state index contributed by atoms with van der Waals surface area (Å²) in [5, 5.41) is 14.5. The molecule has 0 unspecified atom stereocenters. The Morgan fingerprint density at radius 1 is 0.767 bits per heavy atom. The third kappa shape index (κ3) is 6.49. The van der Waals surface area contributed by atoms with Crippen LogP contribution in [0.2, 0.25) is 0 Å². The van der Waals surface area contributed by atoms with E-state index in [2.05, 4.69) is 10.1 Å². The van der Waals surface area contributed by atoms with Crippen LogP contribution in [0.3, 0.4) is 0 Å². The number of alkyl halides is 9. The van der Waals surface area contributed by atoms with Crippen LogP contribution in [0.15, 0.2) is 54.6 Å². The maximum atomic E-state index is 14.6. The molecule has 8 nitrogen and oxygen atoms in total. The average molecular weight is 626 g/mol. The lowest BCUT2D eigenvalue weighted by Crippen LogP contribution is -2.50. The van der Waals surface area contributed by atoms with Gasteiger partial charge in [-0.25, -0.2) is 4.39 Å². The van der Waals surface area contributed by atoms with Crippen LogP contribution in [-0.2, 0) is 5.67 Å². The summed E-state index contributed by atoms with van der Waals surface area (Å²) in [6.07, 6.45) is -13.3. The standard InChI is InChI=1S/C26H19F9N2O6/c1-41-17-9-4-3-6-13(17)21(39)36-15-8-5-7-14(20(15)42-2)22(40)37-19-16(38)10-12(11-18(19)43-23(27)28)24(29,25(30,31)32)26(33,34)35/h3-11,23,38H,1-2H3,(H,36,39)(H,37,40). The molecule has 0 saturated carbocycles. The molecule has 0 aliphatic carbocycles. The minimum atomic E-state index is -6.65. The van der Waals surface area contributed by atoms with Crippen molar-refractivity contribution in [2.75, 3.05) is 24.9 Å². The first kappa shape index (κ1) is 32.7. The Bertz CT molecular complexity index is 1500. The highest BCUT2D eigenvalue weighted by atomic mass is 19.4. The Morgan fingerprint density at radius 3 is 1.91 bits per heavy atom. The molecule has 0 heterocycles. The Morgan fingerprint density at radius 2 is 1.35 bits per heavy atom. The molecule has 3 N–H and O–H groups in total. The normalized spacial score (nSPS) is 12.1. The first-order chi connectivity index (χ1) is 20.0. The zero-order valence-electron chi connectivity index (χ0n) is 21.7. The smallest absolute Gasteiger partial charge is 0.435 e. The van der Waals surface area contributed by atoms with Gasteiger partial charge in [-0.1, -0.05) is 18.2 Å². The van der Waals surface area contributed by atoms with E-state index < -0.39 is 64.8 Å². The van der Waals surface area contributed by atoms with Gasteiger partial charge in [0.25, 0.3) is 11.8 Å². The first-order valence-corrected chi connectivity index (χ1v) is 11.5. The number of nitrogens with one attached hydrogen (secondary N) is 2. The lowest BCUT2D eigenvalue weighted by atomic mass is 9.93. The molecule has 0 aliphatic heterocycles. The highest BCUT2D eigenvalue weighted by Gasteiger charge is 2.73. The van der Waals surface area contributed by atoms with Crippen molar-refractivity contribution >= 4 is 23.2 Å². The molecule has 3 aromatic rings. The molecule has 232 valence electrons. The van der Waals surface area contributed by atoms with E-state index in [0.717, 1.165) is 13.2 Å². The van der Waals surface area contributed by atoms with Crippen molar-refractivity contribution in [1.29, 1.82) is 0 Å². The van der Waals surface area contributed by atoms with Crippen LogP contribution >= 0.6 is 0 Å². The van der Waals surface area contributed by atoms with Crippen LogP contribution in [0.25, 0.3) is 0 Å². The van der Waals surface area contributed by atoms with E-state index in [1.165, 1.54) is 37.4 Å². The SMILES string of the molecule is COc1ccccc1C(=O)Nc1cccc(C(=O)Nc2c(O)cc(C(F)(C(F)(F)F)C(F)(F)F)cc2OC(F)F)c1OC. The van der Waals surface area contributed by atoms with Crippen LogP contribution in [0.4, 0.5) is 50.9 Å². The van der Waals surface area contributed by atoms with Gasteiger partial charge in [0.2, 0.25) is 0 Å². The van der Waals surface area contributed by atoms with Crippen molar-refractivity contribution in [3.05, 3.63) is 71.3 Å². The van der Waals surface area contributed by atoms with Gasteiger partial charge in [0, 0.05) is 5.56 Å². The van der Waals surface area contributed by atoms with Crippen molar-refractivity contribution in [3.63, 3.8) is 0 Å². The van der Waals surface area contributed by atoms with Gasteiger partial charge in [-0.3, -0.25) is 9.59 Å². The first-order valence-electron chi connectivity index (χ1n) is 11.5. The van der Waals surface area contributed by atoms with Crippen LogP contribution in [0, 0.1) is 0 Å². The van der Waals surface area contributed by atoms with Crippen molar-refractivity contribution in [2.45, 2.75) is 24.6 Å². The number of aromatic hydroxyl groups is 1. The van der Waals surface area contributed by atoms with Gasteiger partial charge < -0.3 is 30.0 Å². The Balaban J connectivity index is 2.05. The molecule has 17 heteroatoms. The van der Waals surface area contributed by atoms with Crippen LogP contribution in [-0.4, -0.2) is 50.1 Å². The minimum absolute atomic E-state index is 0.0716. The summed E-state index contributed by atoms with van der Waals surface area (Å²) >= 11 is 0. The summed E-state index contributed by atoms with van der Waals surface area (Å²) in [6.45, 7) is -3.90. The number of hydrogen-bond acceptors (Lipinski definition) is 6. The van der Waals surface area contributed by atoms with Gasteiger partial charge in [-0.05, 0) is 36.4 Å². The summed E-state index contributed by atoms with van der Waals surface area (Å²) in [5.41, 5.74) is -10.2. The molecule has 43 heavy (non-hydrogen) atoms. The van der Waals surface area contributed by atoms with Gasteiger partial charge in [0.1, 0.15) is 17.2 Å². The summed E-state index contributed by atoms with van der Waals surface area (Å²) in [4.78, 5) is 25.9. The summed E-state index contributed by atoms with van der Waals surface area (Å²) in [5.74, 6) is -5.52. The number of phenols is 1. The molecule has 0 saturated heterocycles. The van der Waals surface area contributed by atoms with Gasteiger partial charge in [-0.15, -0.1) is 0 Å². The molecular weight excluding hydrogens is 607 g/mol. The van der Waals surface area contributed by atoms with E-state index in [0.29, 0.717) is 0 Å². The monoisotopic (exact) mass is 626 g/mol. The Labute approximate surface area is 236 Å². The van der Waals surface area contributed by atoms with E-state index in [1.807, 2.05) is 5.32 Å². The fourth-order valence-electron chi connectivity index (χ4n) is 3.84. The molecule has 0 fully saturated rings. The van der Waals surface area contributed by atoms with E-state index >= 15 is 0 Å². The van der Waals surface area contributed by atoms with E-state index in [-0.39, 0.29) is 34.9 Å². The molecule has 0 atom stereocenters. The van der Waals surface area contributed by atoms with E-state index in [1.54, 1.807) is 6.07 Å². The maximum Gasteiger partial charge on any atom is 0.435 e. The Kier molecular flexibility index (Phi) is 9.26. The summed E-state index contributed by atoms with van der Waals surface area (Å²) in [7, 11) is 2.38. The molecule has 0 bridgehead atoms. The van der Waals surface area contributed by atoms with Crippen LogP contribution in [0.1, 0.15) is 26.3 Å². The Hall–Kier alpha value is -4.83. The molecule has 0 spiro atoms. The number of rotatable bonds is 9. The number of amides is 2. The topological polar surface area (TPSA) is 106 Å². The van der Waals surface area contributed by atoms with Crippen molar-refractivity contribution in [2.24, 2.45) is 0 Å². The van der Waals surface area contributed by atoms with E-state index in [9.17, 15) is 54.2 Å². The number of anilines is 2. The third-order valence-corrected chi connectivity index (χ3v) is 5.78. The molecule has 2 amide bonds. The zero-order chi connectivity index (χ0) is 32.3. The lowest BCUT2D eigenvalue weighted by Gasteiger charge is -2.31. The number of benzene rings is 3. The fraction of sp³-hybridized carbons (Fsp3) is 0.231. The highest BCUT2D eigenvalue weighted by Crippen LogP contribution is 2.55. The summed E-state index contributed by atoms with van der Waals surface area (Å²) < 4.78 is 134. The van der Waals surface area contributed by atoms with E-state index in [4.69, 9.17) is 9.47 Å². The highest BCUT2D eigenvalue weighted by molar-refractivity contribution is 6.11. The molecule has 0 aromatic heterocycles. The van der Waals surface area contributed by atoms with Crippen LogP contribution in [0.5, 0.6) is 23.0 Å². The lowest BCUT2D eigenvalue weighted by molar-refractivity contribution is -0.348. The number of hydrogen-bond donors (Lipinski definition) is 3. The fourth-order valence-corrected chi connectivity index (χ4v) is 3.84. The van der Waals surface area contributed by atoms with Gasteiger partial charge in [0.15, 0.2) is 11.5 Å². The quantitative estimate of drug-likeness (QED) is 0.178. The van der Waals surface area contributed by atoms with Gasteiger partial charge >= 0.3 is 24.6 Å². The number of methoxy groups -OCH3 is 2. The number of para-hydroxylation sites is 2. The second kappa shape index (κ2) is 12.2. The van der Waals surface area contributed by atoms with Crippen molar-refractivity contribution < 1.29 is 68.4 Å². The van der Waals surface area contributed by atoms with Crippen molar-refractivity contribution in [1.82, 2.24) is 0 Å². The molecule has 3 aromatic carbocycles. The minimum Gasteiger partial charge on any atom is -0.506 e. The average Bonchev–Trinajstić information content (AvgIpc) is 2.92. The molecule has 3 rings (SSSR count). The number of ether oxygens (including phenoxy) is 3. The number of phenolic OH excluding ortho intramolecular Hbond substituents is 1. The maximum absolute atomic E-state index is 14.6. The van der Waals surface area contributed by atoms with Gasteiger partial charge in [-0.2, -0.15) is 35.1 Å². The van der Waals surface area contributed by atoms with Gasteiger partial charge in [0.05, 0.1) is 31.0 Å². The molecule has 0 radical (unpaired) electrons. The summed E-state index contributed by atoms with van der Waals surface area (Å²) in [6, 6.07) is 8.88. The molecule has 0 aliphatic rings.